The van der Waals surface area contributed by atoms with E-state index >= 15 is 0 Å². The van der Waals surface area contributed by atoms with E-state index < -0.39 is 0 Å². The van der Waals surface area contributed by atoms with Crippen molar-refractivity contribution in [2.75, 3.05) is 5.75 Å². The van der Waals surface area contributed by atoms with Crippen molar-refractivity contribution in [3.05, 3.63) is 57.6 Å². The molecule has 0 spiro atoms. The van der Waals surface area contributed by atoms with Crippen molar-refractivity contribution in [2.45, 2.75) is 25.1 Å². The van der Waals surface area contributed by atoms with Gasteiger partial charge < -0.3 is 9.73 Å². The van der Waals surface area contributed by atoms with E-state index in [1.54, 1.807) is 23.5 Å². The van der Waals surface area contributed by atoms with Crippen molar-refractivity contribution in [1.29, 1.82) is 0 Å². The zero-order valence-corrected chi connectivity index (χ0v) is 15.0. The van der Waals surface area contributed by atoms with Crippen LogP contribution in [-0.4, -0.2) is 26.8 Å². The van der Waals surface area contributed by atoms with Gasteiger partial charge in [0.15, 0.2) is 0 Å². The molecule has 0 fully saturated rings. The number of rotatable bonds is 7. The van der Waals surface area contributed by atoms with Crippen molar-refractivity contribution in [3.63, 3.8) is 0 Å². The number of benzene rings is 1. The highest BCUT2D eigenvalue weighted by Crippen LogP contribution is 2.18. The average Bonchev–Trinajstić information content (AvgIpc) is 3.21. The third-order valence-electron chi connectivity index (χ3n) is 3.18. The van der Waals surface area contributed by atoms with Crippen LogP contribution < -0.4 is 5.32 Å². The number of carbonyl (C=O) groups excluding carboxylic acids is 1. The van der Waals surface area contributed by atoms with E-state index in [4.69, 9.17) is 4.42 Å². The van der Waals surface area contributed by atoms with Gasteiger partial charge in [-0.15, -0.1) is 21.5 Å². The van der Waals surface area contributed by atoms with Crippen LogP contribution in [0.15, 0.2) is 39.3 Å². The first-order valence-corrected chi connectivity index (χ1v) is 9.32. The van der Waals surface area contributed by atoms with E-state index in [-0.39, 0.29) is 17.5 Å². The second kappa shape index (κ2) is 8.21. The number of hydrogen-bond donors (Lipinski definition) is 1. The molecule has 0 atom stereocenters. The average molecular weight is 378 g/mol. The molecule has 0 aliphatic carbocycles. The molecule has 0 aliphatic heterocycles. The van der Waals surface area contributed by atoms with E-state index in [2.05, 4.69) is 20.5 Å². The summed E-state index contributed by atoms with van der Waals surface area (Å²) in [6.07, 6.45) is 0.481. The van der Waals surface area contributed by atoms with E-state index in [9.17, 15) is 9.18 Å². The van der Waals surface area contributed by atoms with Crippen LogP contribution in [0.2, 0.25) is 0 Å². The number of thiazole rings is 1. The molecule has 2 aromatic heterocycles. The topological polar surface area (TPSA) is 80.9 Å². The Labute approximate surface area is 151 Å². The molecule has 1 aromatic carbocycles. The molecule has 0 aliphatic rings. The largest absolute Gasteiger partial charge is 0.416 e. The molecule has 3 rings (SSSR count). The fraction of sp³-hybridized carbons (Fsp3) is 0.250. The lowest BCUT2D eigenvalue weighted by molar-refractivity contribution is -0.118. The number of thioether (sulfide) groups is 1. The van der Waals surface area contributed by atoms with Crippen LogP contribution in [0.3, 0.4) is 0 Å². The Balaban J connectivity index is 1.43. The summed E-state index contributed by atoms with van der Waals surface area (Å²) >= 11 is 2.74. The summed E-state index contributed by atoms with van der Waals surface area (Å²) in [5, 5.41) is 13.9. The van der Waals surface area contributed by atoms with Gasteiger partial charge in [-0.3, -0.25) is 4.79 Å². The SMILES string of the molecule is Cc1nc(Cc2nnc(SCC(=O)NCc3ccc(F)cc3)o2)cs1. The maximum atomic E-state index is 12.8. The first-order valence-electron chi connectivity index (χ1n) is 7.46. The highest BCUT2D eigenvalue weighted by molar-refractivity contribution is 7.99. The summed E-state index contributed by atoms with van der Waals surface area (Å²) in [4.78, 5) is 16.2. The summed E-state index contributed by atoms with van der Waals surface area (Å²) in [5.41, 5.74) is 1.72. The van der Waals surface area contributed by atoms with Crippen LogP contribution in [0.4, 0.5) is 4.39 Å². The van der Waals surface area contributed by atoms with E-state index in [1.165, 1.54) is 23.9 Å². The summed E-state index contributed by atoms with van der Waals surface area (Å²) in [7, 11) is 0. The molecule has 0 saturated carbocycles. The van der Waals surface area contributed by atoms with Crippen LogP contribution in [0.5, 0.6) is 0 Å². The van der Waals surface area contributed by atoms with Gasteiger partial charge in [0, 0.05) is 11.9 Å². The van der Waals surface area contributed by atoms with Crippen LogP contribution in [0, 0.1) is 12.7 Å². The Morgan fingerprint density at radius 3 is 2.84 bits per heavy atom. The summed E-state index contributed by atoms with van der Waals surface area (Å²) in [6, 6.07) is 5.99. The predicted octanol–water partition coefficient (Wildman–Crippen LogP) is 2.97. The van der Waals surface area contributed by atoms with Gasteiger partial charge in [0.25, 0.3) is 5.22 Å². The third-order valence-corrected chi connectivity index (χ3v) is 4.82. The fourth-order valence-corrected chi connectivity index (χ4v) is 3.22. The maximum absolute atomic E-state index is 12.8. The van der Waals surface area contributed by atoms with E-state index in [1.807, 2.05) is 12.3 Å². The standard InChI is InChI=1S/C16H15FN4O2S2/c1-10-19-13(8-24-10)6-15-20-21-16(23-15)25-9-14(22)18-7-11-2-4-12(17)5-3-11/h2-5,8H,6-7,9H2,1H3,(H,18,22). The van der Waals surface area contributed by atoms with Crippen molar-refractivity contribution >= 4 is 29.0 Å². The summed E-state index contributed by atoms with van der Waals surface area (Å²) in [5.74, 6) is 0.174. The van der Waals surface area contributed by atoms with Gasteiger partial charge in [-0.2, -0.15) is 0 Å². The molecule has 6 nitrogen and oxygen atoms in total. The Bertz CT molecular complexity index is 848. The zero-order valence-electron chi connectivity index (χ0n) is 13.4. The third kappa shape index (κ3) is 5.36. The molecule has 3 aromatic rings. The molecular formula is C16H15FN4O2S2. The minimum absolute atomic E-state index is 0.163. The molecule has 0 bridgehead atoms. The smallest absolute Gasteiger partial charge is 0.277 e. The second-order valence-electron chi connectivity index (χ2n) is 5.19. The first kappa shape index (κ1) is 17.6. The van der Waals surface area contributed by atoms with Gasteiger partial charge >= 0.3 is 0 Å². The minimum atomic E-state index is -0.300. The summed E-state index contributed by atoms with van der Waals surface area (Å²) < 4.78 is 18.3. The minimum Gasteiger partial charge on any atom is -0.416 e. The van der Waals surface area contributed by atoms with Crippen molar-refractivity contribution < 1.29 is 13.6 Å². The van der Waals surface area contributed by atoms with Crippen LogP contribution in [0.25, 0.3) is 0 Å². The van der Waals surface area contributed by atoms with Gasteiger partial charge in [0.05, 0.1) is 22.9 Å². The quantitative estimate of drug-likeness (QED) is 0.637. The molecule has 0 radical (unpaired) electrons. The lowest BCUT2D eigenvalue weighted by Crippen LogP contribution is -2.24. The Kier molecular flexibility index (Phi) is 5.77. The van der Waals surface area contributed by atoms with Crippen molar-refractivity contribution in [3.8, 4) is 0 Å². The Hall–Kier alpha value is -2.26. The number of hydrogen-bond acceptors (Lipinski definition) is 7. The van der Waals surface area contributed by atoms with Crippen molar-refractivity contribution in [2.24, 2.45) is 0 Å². The van der Waals surface area contributed by atoms with E-state index in [0.717, 1.165) is 16.3 Å². The molecule has 1 amide bonds. The van der Waals surface area contributed by atoms with Gasteiger partial charge in [-0.1, -0.05) is 23.9 Å². The van der Waals surface area contributed by atoms with Crippen molar-refractivity contribution in [1.82, 2.24) is 20.5 Å². The maximum Gasteiger partial charge on any atom is 0.277 e. The highest BCUT2D eigenvalue weighted by atomic mass is 32.2. The molecule has 0 saturated heterocycles. The summed E-state index contributed by atoms with van der Waals surface area (Å²) in [6.45, 7) is 2.28. The normalized spacial score (nSPS) is 10.8. The Morgan fingerprint density at radius 2 is 2.12 bits per heavy atom. The van der Waals surface area contributed by atoms with Gasteiger partial charge in [0.1, 0.15) is 5.82 Å². The molecular weight excluding hydrogens is 363 g/mol. The first-order chi connectivity index (χ1) is 12.1. The van der Waals surface area contributed by atoms with Crippen LogP contribution in [-0.2, 0) is 17.8 Å². The number of nitrogens with one attached hydrogen (secondary N) is 1. The van der Waals surface area contributed by atoms with Crippen LogP contribution in [0.1, 0.15) is 22.2 Å². The number of nitrogens with zero attached hydrogens (tertiary/aromatic N) is 3. The fourth-order valence-electron chi connectivity index (χ4n) is 1.99. The lowest BCUT2D eigenvalue weighted by Gasteiger charge is -2.04. The number of halogens is 1. The van der Waals surface area contributed by atoms with Crippen LogP contribution >= 0.6 is 23.1 Å². The second-order valence-corrected chi connectivity index (χ2v) is 7.18. The molecule has 0 unspecified atom stereocenters. The van der Waals surface area contributed by atoms with Gasteiger partial charge in [0.2, 0.25) is 11.8 Å². The van der Waals surface area contributed by atoms with Gasteiger partial charge in [-0.25, -0.2) is 9.37 Å². The lowest BCUT2D eigenvalue weighted by atomic mass is 10.2. The monoisotopic (exact) mass is 378 g/mol. The molecule has 1 N–H and O–H groups in total. The molecule has 2 heterocycles. The molecule has 25 heavy (non-hydrogen) atoms. The highest BCUT2D eigenvalue weighted by Gasteiger charge is 2.11. The zero-order chi connectivity index (χ0) is 17.6. The Morgan fingerprint density at radius 1 is 1.32 bits per heavy atom. The number of aromatic nitrogens is 3. The number of amides is 1. The molecule has 9 heteroatoms. The predicted molar refractivity (Wildman–Crippen MR) is 92.9 cm³/mol. The number of aryl methyl sites for hydroxylation is 1. The van der Waals surface area contributed by atoms with E-state index in [0.29, 0.717) is 24.1 Å². The molecule has 130 valence electrons. The number of carbonyl (C=O) groups is 1. The van der Waals surface area contributed by atoms with Gasteiger partial charge in [-0.05, 0) is 24.6 Å².